The Morgan fingerprint density at radius 3 is 2.68 bits per heavy atom. The number of carbonyl (C=O) groups excluding carboxylic acids is 1. The van der Waals surface area contributed by atoms with Crippen molar-refractivity contribution in [3.8, 4) is 0 Å². The third-order valence-corrected chi connectivity index (χ3v) is 6.06. The monoisotopic (exact) mass is 373 g/mol. The molecule has 3 heterocycles. The van der Waals surface area contributed by atoms with Gasteiger partial charge in [-0.2, -0.15) is 0 Å². The van der Waals surface area contributed by atoms with Gasteiger partial charge in [0.1, 0.15) is 5.15 Å². The highest BCUT2D eigenvalue weighted by Crippen LogP contribution is 2.28. The van der Waals surface area contributed by atoms with Crippen LogP contribution in [0.15, 0.2) is 52.4 Å². The highest BCUT2D eigenvalue weighted by molar-refractivity contribution is 7.99. The van der Waals surface area contributed by atoms with Gasteiger partial charge in [0, 0.05) is 40.7 Å². The number of amides is 1. The molecule has 130 valence electrons. The molecule has 2 saturated heterocycles. The first-order valence-electron chi connectivity index (χ1n) is 8.58. The molecule has 0 aliphatic carbocycles. The normalized spacial score (nSPS) is 24.9. The van der Waals surface area contributed by atoms with Gasteiger partial charge < -0.3 is 10.2 Å². The molecule has 0 radical (unpaired) electrons. The lowest BCUT2D eigenvalue weighted by Gasteiger charge is -2.30. The van der Waals surface area contributed by atoms with E-state index in [1.807, 2.05) is 30.3 Å². The first-order chi connectivity index (χ1) is 12.2. The van der Waals surface area contributed by atoms with Crippen LogP contribution in [0.3, 0.4) is 0 Å². The Hall–Kier alpha value is -1.56. The summed E-state index contributed by atoms with van der Waals surface area (Å²) in [5.74, 6) is 0.781. The first kappa shape index (κ1) is 16.9. The molecule has 2 bridgehead atoms. The van der Waals surface area contributed by atoms with Gasteiger partial charge in [-0.3, -0.25) is 4.79 Å². The van der Waals surface area contributed by atoms with Gasteiger partial charge in [0.05, 0.1) is 0 Å². The maximum Gasteiger partial charge on any atom is 0.251 e. The van der Waals surface area contributed by atoms with Crippen molar-refractivity contribution in [2.75, 3.05) is 19.6 Å². The molecule has 2 aliphatic heterocycles. The zero-order valence-electron chi connectivity index (χ0n) is 13.8. The van der Waals surface area contributed by atoms with Crippen molar-refractivity contribution in [2.24, 2.45) is 5.92 Å². The van der Waals surface area contributed by atoms with Crippen LogP contribution in [-0.2, 0) is 0 Å². The topological polar surface area (TPSA) is 45.2 Å². The summed E-state index contributed by atoms with van der Waals surface area (Å²) in [5.41, 5.74) is 0.714. The number of piperidine rings is 1. The van der Waals surface area contributed by atoms with Crippen molar-refractivity contribution in [3.05, 3.63) is 53.3 Å². The summed E-state index contributed by atoms with van der Waals surface area (Å²) in [7, 11) is 0. The summed E-state index contributed by atoms with van der Waals surface area (Å²) in [4.78, 5) is 21.1. The molecular weight excluding hydrogens is 354 g/mol. The summed E-state index contributed by atoms with van der Waals surface area (Å²) < 4.78 is 0. The van der Waals surface area contributed by atoms with Crippen molar-refractivity contribution in [1.29, 1.82) is 0 Å². The van der Waals surface area contributed by atoms with Crippen molar-refractivity contribution < 1.29 is 4.79 Å². The fourth-order valence-corrected chi connectivity index (χ4v) is 4.56. The van der Waals surface area contributed by atoms with E-state index in [1.54, 1.807) is 24.0 Å². The highest BCUT2D eigenvalue weighted by atomic mass is 35.5. The Kier molecular flexibility index (Phi) is 4.97. The average molecular weight is 374 g/mol. The molecule has 0 saturated carbocycles. The predicted octanol–water partition coefficient (Wildman–Crippen LogP) is 3.71. The van der Waals surface area contributed by atoms with Crippen molar-refractivity contribution >= 4 is 29.3 Å². The minimum Gasteiger partial charge on any atom is -0.348 e. The van der Waals surface area contributed by atoms with E-state index in [4.69, 9.17) is 11.6 Å². The van der Waals surface area contributed by atoms with Crippen LogP contribution in [-0.4, -0.2) is 41.5 Å². The Balaban J connectivity index is 1.36. The van der Waals surface area contributed by atoms with Crippen molar-refractivity contribution in [2.45, 2.75) is 28.7 Å². The molecule has 6 heteroatoms. The van der Waals surface area contributed by atoms with Gasteiger partial charge >= 0.3 is 0 Å². The van der Waals surface area contributed by atoms with E-state index in [2.05, 4.69) is 15.2 Å². The third-order valence-electron chi connectivity index (χ3n) is 4.85. The van der Waals surface area contributed by atoms with Crippen LogP contribution in [0.4, 0.5) is 0 Å². The van der Waals surface area contributed by atoms with Crippen molar-refractivity contribution in [1.82, 2.24) is 15.2 Å². The highest BCUT2D eigenvalue weighted by Gasteiger charge is 2.32. The molecule has 0 spiro atoms. The Bertz CT molecular complexity index is 738. The minimum absolute atomic E-state index is 0.0252. The second-order valence-corrected chi connectivity index (χ2v) is 8.30. The molecule has 1 N–H and O–H groups in total. The van der Waals surface area contributed by atoms with E-state index in [0.29, 0.717) is 10.7 Å². The fourth-order valence-electron chi connectivity index (χ4n) is 3.67. The Labute approximate surface area is 157 Å². The van der Waals surface area contributed by atoms with Crippen molar-refractivity contribution in [3.63, 3.8) is 0 Å². The van der Waals surface area contributed by atoms with Gasteiger partial charge in [-0.05, 0) is 61.7 Å². The molecule has 1 aromatic heterocycles. The molecule has 3 atom stereocenters. The molecule has 3 unspecified atom stereocenters. The number of benzene rings is 1. The summed E-state index contributed by atoms with van der Waals surface area (Å²) >= 11 is 7.41. The number of aromatic nitrogens is 1. The lowest BCUT2D eigenvalue weighted by Crippen LogP contribution is -2.47. The van der Waals surface area contributed by atoms with Gasteiger partial charge in [0.2, 0.25) is 0 Å². The second-order valence-electron chi connectivity index (χ2n) is 6.76. The molecule has 2 aromatic rings. The zero-order valence-corrected chi connectivity index (χ0v) is 15.4. The molecule has 2 fully saturated rings. The number of carbonyl (C=O) groups is 1. The van der Waals surface area contributed by atoms with Crippen LogP contribution in [0, 0.1) is 5.92 Å². The Morgan fingerprint density at radius 1 is 1.16 bits per heavy atom. The van der Waals surface area contributed by atoms with Crippen LogP contribution in [0.25, 0.3) is 0 Å². The van der Waals surface area contributed by atoms with Gasteiger partial charge in [-0.1, -0.05) is 23.4 Å². The van der Waals surface area contributed by atoms with Crippen LogP contribution in [0.5, 0.6) is 0 Å². The quantitative estimate of drug-likeness (QED) is 0.830. The number of nitrogens with zero attached hydrogens (tertiary/aromatic N) is 2. The fraction of sp³-hybridized carbons (Fsp3) is 0.368. The van der Waals surface area contributed by atoms with Crippen LogP contribution >= 0.6 is 23.4 Å². The van der Waals surface area contributed by atoms with Crippen LogP contribution < -0.4 is 5.32 Å². The van der Waals surface area contributed by atoms with Crippen LogP contribution in [0.1, 0.15) is 23.2 Å². The van der Waals surface area contributed by atoms with E-state index >= 15 is 0 Å². The molecule has 1 aromatic carbocycles. The lowest BCUT2D eigenvalue weighted by atomic mass is 9.96. The number of halogens is 1. The number of fused-ring (bicyclic) bond motifs is 2. The van der Waals surface area contributed by atoms with E-state index in [1.165, 1.54) is 19.5 Å². The number of hydrogen-bond acceptors (Lipinski definition) is 4. The number of pyridine rings is 1. The number of nitrogens with one attached hydrogen (secondary N) is 1. The summed E-state index contributed by atoms with van der Waals surface area (Å²) in [6.45, 7) is 3.38. The molecule has 4 nitrogen and oxygen atoms in total. The maximum atomic E-state index is 12.5. The standard InChI is InChI=1S/C19H20ClN3OS/c20-18-6-5-17(10-21-18)25-16-3-1-14(2-4-16)19(24)22-15-9-13-7-8-23(11-13)12-15/h1-6,10,13,15H,7-9,11-12H2,(H,22,24). The molecular formula is C19H20ClN3OS. The smallest absolute Gasteiger partial charge is 0.251 e. The van der Waals surface area contributed by atoms with E-state index in [0.717, 1.165) is 28.7 Å². The van der Waals surface area contributed by atoms with Gasteiger partial charge in [0.25, 0.3) is 5.91 Å². The molecule has 25 heavy (non-hydrogen) atoms. The summed E-state index contributed by atoms with van der Waals surface area (Å²) in [5, 5.41) is 3.69. The van der Waals surface area contributed by atoms with E-state index < -0.39 is 0 Å². The lowest BCUT2D eigenvalue weighted by molar-refractivity contribution is 0.0909. The minimum atomic E-state index is 0.0252. The SMILES string of the molecule is O=C(NC1CC2CCN(C2)C1)c1ccc(Sc2ccc(Cl)nc2)cc1. The summed E-state index contributed by atoms with van der Waals surface area (Å²) in [6, 6.07) is 11.7. The largest absolute Gasteiger partial charge is 0.348 e. The second kappa shape index (κ2) is 7.36. The number of hydrogen-bond donors (Lipinski definition) is 1. The molecule has 1 amide bonds. The maximum absolute atomic E-state index is 12.5. The zero-order chi connectivity index (χ0) is 17.2. The van der Waals surface area contributed by atoms with Crippen LogP contribution in [0.2, 0.25) is 5.15 Å². The average Bonchev–Trinajstić information content (AvgIpc) is 2.96. The van der Waals surface area contributed by atoms with Gasteiger partial charge in [-0.15, -0.1) is 0 Å². The van der Waals surface area contributed by atoms with Gasteiger partial charge in [-0.25, -0.2) is 4.98 Å². The molecule has 2 aliphatic rings. The predicted molar refractivity (Wildman–Crippen MR) is 100 cm³/mol. The van der Waals surface area contributed by atoms with E-state index in [-0.39, 0.29) is 11.9 Å². The third kappa shape index (κ3) is 4.17. The Morgan fingerprint density at radius 2 is 1.96 bits per heavy atom. The molecule has 4 rings (SSSR count). The van der Waals surface area contributed by atoms with Gasteiger partial charge in [0.15, 0.2) is 0 Å². The number of rotatable bonds is 4. The summed E-state index contributed by atoms with van der Waals surface area (Å²) in [6.07, 6.45) is 4.14. The van der Waals surface area contributed by atoms with E-state index in [9.17, 15) is 4.79 Å². The first-order valence-corrected chi connectivity index (χ1v) is 9.78.